The molecular formula is C27H34N4O3. The molecule has 2 aromatic carbocycles. The Morgan fingerprint density at radius 3 is 2.29 bits per heavy atom. The van der Waals surface area contributed by atoms with E-state index in [-0.39, 0.29) is 30.4 Å². The molecule has 0 spiro atoms. The lowest BCUT2D eigenvalue weighted by molar-refractivity contribution is -0.136. The van der Waals surface area contributed by atoms with Crippen LogP contribution in [-0.4, -0.2) is 46.2 Å². The number of amides is 2. The van der Waals surface area contributed by atoms with Gasteiger partial charge in [0.15, 0.2) is 6.61 Å². The van der Waals surface area contributed by atoms with Gasteiger partial charge in [0.1, 0.15) is 18.1 Å². The molecule has 3 rings (SSSR count). The number of hydrogen-bond donors (Lipinski definition) is 1. The summed E-state index contributed by atoms with van der Waals surface area (Å²) in [5.41, 5.74) is 1.53. The van der Waals surface area contributed by atoms with Gasteiger partial charge in [-0.3, -0.25) is 9.59 Å². The fourth-order valence-electron chi connectivity index (χ4n) is 3.35. The second kappa shape index (κ2) is 11.5. The van der Waals surface area contributed by atoms with E-state index < -0.39 is 0 Å². The molecule has 0 saturated carbocycles. The van der Waals surface area contributed by atoms with Gasteiger partial charge in [-0.05, 0) is 30.7 Å². The number of nitrogens with one attached hydrogen (secondary N) is 1. The zero-order valence-corrected chi connectivity index (χ0v) is 20.5. The maximum atomic E-state index is 13.0. The summed E-state index contributed by atoms with van der Waals surface area (Å²) < 4.78 is 7.34. The maximum absolute atomic E-state index is 13.0. The molecule has 0 bridgehead atoms. The van der Waals surface area contributed by atoms with Crippen molar-refractivity contribution < 1.29 is 14.3 Å². The van der Waals surface area contributed by atoms with E-state index in [0.717, 1.165) is 24.2 Å². The van der Waals surface area contributed by atoms with Crippen LogP contribution in [0.4, 0.5) is 5.82 Å². The number of hydrogen-bond acceptors (Lipinski definition) is 4. The van der Waals surface area contributed by atoms with Crippen molar-refractivity contribution in [2.45, 2.75) is 46.0 Å². The Morgan fingerprint density at radius 2 is 1.68 bits per heavy atom. The molecule has 0 aliphatic rings. The van der Waals surface area contributed by atoms with Gasteiger partial charge in [-0.15, -0.1) is 0 Å². The summed E-state index contributed by atoms with van der Waals surface area (Å²) in [5.74, 6) is 0.697. The van der Waals surface area contributed by atoms with Crippen LogP contribution in [0.3, 0.4) is 0 Å². The summed E-state index contributed by atoms with van der Waals surface area (Å²) in [7, 11) is 0. The molecule has 0 saturated heterocycles. The zero-order valence-electron chi connectivity index (χ0n) is 20.5. The minimum atomic E-state index is -0.276. The van der Waals surface area contributed by atoms with Crippen molar-refractivity contribution in [3.63, 3.8) is 0 Å². The van der Waals surface area contributed by atoms with Crippen LogP contribution in [-0.2, 0) is 15.0 Å². The van der Waals surface area contributed by atoms with Crippen molar-refractivity contribution in [1.82, 2.24) is 14.7 Å². The quantitative estimate of drug-likeness (QED) is 0.469. The minimum absolute atomic E-state index is 0.0538. The Labute approximate surface area is 201 Å². The third-order valence-electron chi connectivity index (χ3n) is 5.32. The number of benzene rings is 2. The lowest BCUT2D eigenvalue weighted by atomic mass is 9.92. The Balaban J connectivity index is 1.73. The summed E-state index contributed by atoms with van der Waals surface area (Å²) in [6, 6.07) is 20.7. The van der Waals surface area contributed by atoms with E-state index in [4.69, 9.17) is 9.84 Å². The molecule has 34 heavy (non-hydrogen) atoms. The number of anilines is 1. The first kappa shape index (κ1) is 25.0. The highest BCUT2D eigenvalue weighted by Gasteiger charge is 2.23. The van der Waals surface area contributed by atoms with Crippen LogP contribution >= 0.6 is 0 Å². The summed E-state index contributed by atoms with van der Waals surface area (Å²) in [5, 5.41) is 7.70. The largest absolute Gasteiger partial charge is 0.484 e. The standard InChI is InChI=1S/C27H34N4O3/c1-5-6-17-30(26(33)20-34-22-15-11-8-12-16-22)19-25(32)28-24-18-23(27(2,3)4)29-31(24)21-13-9-7-10-14-21/h7-16,18H,5-6,17,19-20H2,1-4H3,(H,28,32). The molecule has 1 aromatic heterocycles. The van der Waals surface area contributed by atoms with Gasteiger partial charge in [0, 0.05) is 18.0 Å². The monoisotopic (exact) mass is 462 g/mol. The molecule has 1 N–H and O–H groups in total. The number of rotatable bonds is 10. The molecule has 7 heteroatoms. The molecule has 0 aliphatic heterocycles. The van der Waals surface area contributed by atoms with E-state index in [1.54, 1.807) is 21.7 Å². The fraction of sp³-hybridized carbons (Fsp3) is 0.370. The third kappa shape index (κ3) is 6.94. The molecule has 0 radical (unpaired) electrons. The molecule has 2 amide bonds. The van der Waals surface area contributed by atoms with E-state index in [2.05, 4.69) is 33.0 Å². The van der Waals surface area contributed by atoms with Gasteiger partial charge >= 0.3 is 0 Å². The highest BCUT2D eigenvalue weighted by molar-refractivity contribution is 5.94. The zero-order chi connectivity index (χ0) is 24.6. The molecule has 3 aromatic rings. The van der Waals surface area contributed by atoms with Crippen LogP contribution in [0.25, 0.3) is 5.69 Å². The fourth-order valence-corrected chi connectivity index (χ4v) is 3.35. The van der Waals surface area contributed by atoms with Crippen molar-refractivity contribution in [3.05, 3.63) is 72.4 Å². The van der Waals surface area contributed by atoms with Crippen LogP contribution in [0.5, 0.6) is 5.75 Å². The number of nitrogens with zero attached hydrogens (tertiary/aromatic N) is 3. The topological polar surface area (TPSA) is 76.5 Å². The van der Waals surface area contributed by atoms with Gasteiger partial charge in [0.25, 0.3) is 5.91 Å². The van der Waals surface area contributed by atoms with Crippen molar-refractivity contribution in [3.8, 4) is 11.4 Å². The Kier molecular flexibility index (Phi) is 8.46. The van der Waals surface area contributed by atoms with Crippen molar-refractivity contribution >= 4 is 17.6 Å². The van der Waals surface area contributed by atoms with Crippen LogP contribution in [0.1, 0.15) is 46.2 Å². The first-order chi connectivity index (χ1) is 16.3. The van der Waals surface area contributed by atoms with E-state index in [0.29, 0.717) is 18.1 Å². The van der Waals surface area contributed by atoms with E-state index in [1.165, 1.54) is 0 Å². The summed E-state index contributed by atoms with van der Waals surface area (Å²) in [4.78, 5) is 27.4. The average Bonchev–Trinajstić information content (AvgIpc) is 3.25. The smallest absolute Gasteiger partial charge is 0.260 e. The number of unbranched alkanes of at least 4 members (excludes halogenated alkanes) is 1. The normalized spacial score (nSPS) is 11.2. The molecule has 7 nitrogen and oxygen atoms in total. The second-order valence-electron chi connectivity index (χ2n) is 9.23. The first-order valence-electron chi connectivity index (χ1n) is 11.7. The SMILES string of the molecule is CCCCN(CC(=O)Nc1cc(C(C)(C)C)nn1-c1ccccc1)C(=O)COc1ccccc1. The van der Waals surface area contributed by atoms with Gasteiger partial charge in [0.2, 0.25) is 5.91 Å². The van der Waals surface area contributed by atoms with Crippen LogP contribution in [0.2, 0.25) is 0 Å². The molecular weight excluding hydrogens is 428 g/mol. The summed E-state index contributed by atoms with van der Waals surface area (Å²) in [6.07, 6.45) is 1.72. The van der Waals surface area contributed by atoms with Crippen molar-refractivity contribution in [2.75, 3.05) is 25.0 Å². The van der Waals surface area contributed by atoms with Gasteiger partial charge in [-0.2, -0.15) is 5.10 Å². The Morgan fingerprint density at radius 1 is 1.03 bits per heavy atom. The number of aromatic nitrogens is 2. The highest BCUT2D eigenvalue weighted by atomic mass is 16.5. The molecule has 0 atom stereocenters. The number of ether oxygens (including phenoxy) is 1. The van der Waals surface area contributed by atoms with Gasteiger partial charge < -0.3 is 15.0 Å². The van der Waals surface area contributed by atoms with Crippen LogP contribution < -0.4 is 10.1 Å². The molecule has 1 heterocycles. The molecule has 0 aliphatic carbocycles. The summed E-state index contributed by atoms with van der Waals surface area (Å²) in [6.45, 7) is 8.61. The van der Waals surface area contributed by atoms with Gasteiger partial charge in [-0.1, -0.05) is 70.5 Å². The number of carbonyl (C=O) groups is 2. The molecule has 180 valence electrons. The third-order valence-corrected chi connectivity index (χ3v) is 5.32. The van der Waals surface area contributed by atoms with E-state index in [9.17, 15) is 9.59 Å². The lowest BCUT2D eigenvalue weighted by Crippen LogP contribution is -2.41. The average molecular weight is 463 g/mol. The molecule has 0 fully saturated rings. The summed E-state index contributed by atoms with van der Waals surface area (Å²) >= 11 is 0. The van der Waals surface area contributed by atoms with E-state index in [1.807, 2.05) is 54.6 Å². The Bertz CT molecular complexity index is 1070. The van der Waals surface area contributed by atoms with E-state index >= 15 is 0 Å². The minimum Gasteiger partial charge on any atom is -0.484 e. The maximum Gasteiger partial charge on any atom is 0.260 e. The highest BCUT2D eigenvalue weighted by Crippen LogP contribution is 2.26. The lowest BCUT2D eigenvalue weighted by Gasteiger charge is -2.22. The van der Waals surface area contributed by atoms with Crippen molar-refractivity contribution in [2.24, 2.45) is 0 Å². The molecule has 0 unspecified atom stereocenters. The van der Waals surface area contributed by atoms with Gasteiger partial charge in [0.05, 0.1) is 11.4 Å². The van der Waals surface area contributed by atoms with Crippen molar-refractivity contribution in [1.29, 1.82) is 0 Å². The number of para-hydroxylation sites is 2. The Hall–Kier alpha value is -3.61. The van der Waals surface area contributed by atoms with Crippen LogP contribution in [0.15, 0.2) is 66.7 Å². The first-order valence-corrected chi connectivity index (χ1v) is 11.7. The predicted molar refractivity (Wildman–Crippen MR) is 134 cm³/mol. The second-order valence-corrected chi connectivity index (χ2v) is 9.23. The van der Waals surface area contributed by atoms with Crippen LogP contribution in [0, 0.1) is 0 Å². The number of carbonyl (C=O) groups excluding carboxylic acids is 2. The van der Waals surface area contributed by atoms with Gasteiger partial charge in [-0.25, -0.2) is 4.68 Å². The predicted octanol–water partition coefficient (Wildman–Crippen LogP) is 4.82.